The molecule has 0 saturated heterocycles. The van der Waals surface area contributed by atoms with Crippen molar-refractivity contribution in [3.63, 3.8) is 0 Å². The quantitative estimate of drug-likeness (QED) is 0.676. The van der Waals surface area contributed by atoms with E-state index in [2.05, 4.69) is 4.98 Å². The van der Waals surface area contributed by atoms with Crippen LogP contribution in [0, 0.1) is 0 Å². The lowest BCUT2D eigenvalue weighted by atomic mass is 10.1. The molecule has 1 aliphatic heterocycles. The van der Waals surface area contributed by atoms with Crippen LogP contribution < -0.4 is 15.0 Å². The van der Waals surface area contributed by atoms with Gasteiger partial charge in [-0.2, -0.15) is 4.98 Å². The van der Waals surface area contributed by atoms with Crippen LogP contribution >= 0.6 is 23.2 Å². The number of hydrogen-bond acceptors (Lipinski definition) is 4. The molecule has 2 aromatic carbocycles. The second kappa shape index (κ2) is 7.02. The van der Waals surface area contributed by atoms with Gasteiger partial charge in [0, 0.05) is 17.8 Å². The van der Waals surface area contributed by atoms with Gasteiger partial charge in [0.25, 0.3) is 11.6 Å². The highest BCUT2D eigenvalue weighted by Gasteiger charge is 2.23. The van der Waals surface area contributed by atoms with Crippen LogP contribution in [-0.4, -0.2) is 22.3 Å². The van der Waals surface area contributed by atoms with Crippen LogP contribution in [-0.2, 0) is 6.54 Å². The second-order valence-electron chi connectivity index (χ2n) is 5.88. The molecular formula is C19H14Cl2N2O3. The summed E-state index contributed by atoms with van der Waals surface area (Å²) in [6.45, 7) is 0.952. The van der Waals surface area contributed by atoms with Gasteiger partial charge in [-0.1, -0.05) is 47.5 Å². The zero-order valence-corrected chi connectivity index (χ0v) is 15.1. The molecule has 2 heterocycles. The Bertz CT molecular complexity index is 1000. The van der Waals surface area contributed by atoms with E-state index in [9.17, 15) is 4.79 Å². The third kappa shape index (κ3) is 3.41. The number of nitrogens with zero attached hydrogens (tertiary/aromatic N) is 2. The molecule has 0 unspecified atom stereocenters. The SMILES string of the molecule is O=c1ccn2c(n1)O[C@H](COc1ccc(-c3cccc(Cl)c3Cl)cc1)C2. The van der Waals surface area contributed by atoms with Gasteiger partial charge in [-0.25, -0.2) is 0 Å². The minimum Gasteiger partial charge on any atom is -0.490 e. The van der Waals surface area contributed by atoms with Crippen molar-refractivity contribution >= 4 is 23.2 Å². The van der Waals surface area contributed by atoms with Crippen molar-refractivity contribution in [2.75, 3.05) is 6.61 Å². The molecule has 4 rings (SSSR count). The van der Waals surface area contributed by atoms with E-state index >= 15 is 0 Å². The summed E-state index contributed by atoms with van der Waals surface area (Å²) >= 11 is 12.3. The average molecular weight is 389 g/mol. The number of fused-ring (bicyclic) bond motifs is 1. The molecule has 0 saturated carbocycles. The zero-order chi connectivity index (χ0) is 18.1. The first kappa shape index (κ1) is 16.9. The maximum Gasteiger partial charge on any atom is 0.300 e. The second-order valence-corrected chi connectivity index (χ2v) is 6.66. The fourth-order valence-corrected chi connectivity index (χ4v) is 3.19. The first-order valence-corrected chi connectivity index (χ1v) is 8.77. The predicted molar refractivity (Wildman–Crippen MR) is 100 cm³/mol. The summed E-state index contributed by atoms with van der Waals surface area (Å²) in [6.07, 6.45) is 1.49. The minimum absolute atomic E-state index is 0.189. The first-order chi connectivity index (χ1) is 12.6. The molecule has 0 fully saturated rings. The van der Waals surface area contributed by atoms with Gasteiger partial charge in [0.05, 0.1) is 16.6 Å². The molecule has 26 heavy (non-hydrogen) atoms. The molecule has 0 amide bonds. The molecule has 1 aromatic heterocycles. The highest BCUT2D eigenvalue weighted by Crippen LogP contribution is 2.34. The van der Waals surface area contributed by atoms with E-state index in [-0.39, 0.29) is 11.7 Å². The third-order valence-electron chi connectivity index (χ3n) is 4.07. The van der Waals surface area contributed by atoms with Gasteiger partial charge in [0.15, 0.2) is 6.10 Å². The Morgan fingerprint density at radius 2 is 1.96 bits per heavy atom. The zero-order valence-electron chi connectivity index (χ0n) is 13.6. The number of benzene rings is 2. The summed E-state index contributed by atoms with van der Waals surface area (Å²) in [7, 11) is 0. The Morgan fingerprint density at radius 1 is 1.15 bits per heavy atom. The number of halogens is 2. The summed E-state index contributed by atoms with van der Waals surface area (Å²) in [6, 6.07) is 14.9. The van der Waals surface area contributed by atoms with Crippen LogP contribution in [0.2, 0.25) is 10.0 Å². The van der Waals surface area contributed by atoms with Crippen LogP contribution in [0.3, 0.4) is 0 Å². The van der Waals surface area contributed by atoms with Gasteiger partial charge in [0.1, 0.15) is 12.4 Å². The molecule has 3 aromatic rings. The molecule has 132 valence electrons. The molecule has 0 N–H and O–H groups in total. The predicted octanol–water partition coefficient (Wildman–Crippen LogP) is 4.06. The van der Waals surface area contributed by atoms with Crippen molar-refractivity contribution in [3.05, 3.63) is 75.1 Å². The molecule has 1 aliphatic rings. The minimum atomic E-state index is -0.312. The summed E-state index contributed by atoms with van der Waals surface area (Å²) in [5.74, 6) is 0.717. The lowest BCUT2D eigenvalue weighted by molar-refractivity contribution is 0.143. The number of rotatable bonds is 4. The van der Waals surface area contributed by atoms with Crippen molar-refractivity contribution in [2.45, 2.75) is 12.6 Å². The van der Waals surface area contributed by atoms with Crippen LogP contribution in [0.4, 0.5) is 0 Å². The molecule has 0 aliphatic carbocycles. The molecule has 5 nitrogen and oxygen atoms in total. The van der Waals surface area contributed by atoms with E-state index in [4.69, 9.17) is 32.7 Å². The van der Waals surface area contributed by atoms with Crippen LogP contribution in [0.25, 0.3) is 11.1 Å². The molecule has 1 atom stereocenters. The molecule has 7 heteroatoms. The fourth-order valence-electron chi connectivity index (χ4n) is 2.79. The topological polar surface area (TPSA) is 53.4 Å². The van der Waals surface area contributed by atoms with Gasteiger partial charge in [0.2, 0.25) is 0 Å². The average Bonchev–Trinajstić information content (AvgIpc) is 3.05. The van der Waals surface area contributed by atoms with E-state index in [0.717, 1.165) is 11.1 Å². The van der Waals surface area contributed by atoms with Gasteiger partial charge in [-0.3, -0.25) is 9.36 Å². The van der Waals surface area contributed by atoms with E-state index in [0.29, 0.717) is 35.0 Å². The standard InChI is InChI=1S/C19H14Cl2N2O3/c20-16-3-1-2-15(18(16)21)12-4-6-13(7-5-12)25-11-14-10-23-9-8-17(24)22-19(23)26-14/h1-9,14H,10-11H2/t14-/m0/s1. The van der Waals surface area contributed by atoms with E-state index in [1.165, 1.54) is 6.07 Å². The summed E-state index contributed by atoms with van der Waals surface area (Å²) in [5.41, 5.74) is 1.52. The van der Waals surface area contributed by atoms with Gasteiger partial charge in [-0.15, -0.1) is 0 Å². The summed E-state index contributed by atoms with van der Waals surface area (Å²) in [5, 5.41) is 1.05. The van der Waals surface area contributed by atoms with Crippen molar-refractivity contribution in [3.8, 4) is 22.9 Å². The number of hydrogen-bond donors (Lipinski definition) is 0. The highest BCUT2D eigenvalue weighted by molar-refractivity contribution is 6.43. The monoisotopic (exact) mass is 388 g/mol. The fraction of sp³-hybridized carbons (Fsp3) is 0.158. The Labute approximate surface area is 159 Å². The Hall–Kier alpha value is -2.50. The Kier molecular flexibility index (Phi) is 4.57. The molecule has 0 bridgehead atoms. The Morgan fingerprint density at radius 3 is 2.77 bits per heavy atom. The lowest BCUT2D eigenvalue weighted by Crippen LogP contribution is -2.23. The van der Waals surface area contributed by atoms with Gasteiger partial charge in [-0.05, 0) is 23.8 Å². The van der Waals surface area contributed by atoms with Crippen molar-refractivity contribution in [2.24, 2.45) is 0 Å². The highest BCUT2D eigenvalue weighted by atomic mass is 35.5. The third-order valence-corrected chi connectivity index (χ3v) is 4.89. The van der Waals surface area contributed by atoms with E-state index < -0.39 is 0 Å². The molecule has 0 radical (unpaired) electrons. The maximum atomic E-state index is 11.3. The lowest BCUT2D eigenvalue weighted by Gasteiger charge is -2.12. The summed E-state index contributed by atoms with van der Waals surface area (Å²) < 4.78 is 13.2. The van der Waals surface area contributed by atoms with Gasteiger partial charge < -0.3 is 9.47 Å². The van der Waals surface area contributed by atoms with Crippen molar-refractivity contribution in [1.29, 1.82) is 0 Å². The summed E-state index contributed by atoms with van der Waals surface area (Å²) in [4.78, 5) is 15.1. The smallest absolute Gasteiger partial charge is 0.300 e. The van der Waals surface area contributed by atoms with Crippen molar-refractivity contribution in [1.82, 2.24) is 9.55 Å². The van der Waals surface area contributed by atoms with Crippen LogP contribution in [0.15, 0.2) is 59.5 Å². The van der Waals surface area contributed by atoms with E-state index in [1.807, 2.05) is 36.4 Å². The van der Waals surface area contributed by atoms with Crippen LogP contribution in [0.1, 0.15) is 0 Å². The van der Waals surface area contributed by atoms with Crippen molar-refractivity contribution < 1.29 is 9.47 Å². The Balaban J connectivity index is 1.41. The number of aromatic nitrogens is 2. The van der Waals surface area contributed by atoms with Crippen LogP contribution in [0.5, 0.6) is 11.8 Å². The normalized spacial score (nSPS) is 15.4. The maximum absolute atomic E-state index is 11.3. The molecule has 0 spiro atoms. The van der Waals surface area contributed by atoms with Gasteiger partial charge >= 0.3 is 0 Å². The van der Waals surface area contributed by atoms with E-state index in [1.54, 1.807) is 16.8 Å². The first-order valence-electron chi connectivity index (χ1n) is 8.01. The largest absolute Gasteiger partial charge is 0.490 e. The molecular weight excluding hydrogens is 375 g/mol. The number of ether oxygens (including phenoxy) is 2.